The number of ether oxygens (including phenoxy) is 2. The second-order valence-corrected chi connectivity index (χ2v) is 7.31. The lowest BCUT2D eigenvalue weighted by atomic mass is 10.1. The molecule has 29 heavy (non-hydrogen) atoms. The van der Waals surface area contributed by atoms with E-state index in [1.807, 2.05) is 24.3 Å². The lowest BCUT2D eigenvalue weighted by Gasteiger charge is -2.35. The summed E-state index contributed by atoms with van der Waals surface area (Å²) in [6.45, 7) is 4.91. The Morgan fingerprint density at radius 3 is 2.62 bits per heavy atom. The topological polar surface area (TPSA) is 80.9 Å². The molecule has 0 spiro atoms. The molecule has 4 aromatic rings. The summed E-state index contributed by atoms with van der Waals surface area (Å²) in [5.41, 5.74) is 1.92. The van der Waals surface area contributed by atoms with E-state index < -0.39 is 0 Å². The van der Waals surface area contributed by atoms with Gasteiger partial charge in [0.25, 0.3) is 0 Å². The monoisotopic (exact) mass is 389 g/mol. The summed E-state index contributed by atoms with van der Waals surface area (Å²) in [6, 6.07) is 14.3. The van der Waals surface area contributed by atoms with Crippen molar-refractivity contribution in [1.82, 2.24) is 30.2 Å². The zero-order valence-corrected chi connectivity index (χ0v) is 15.7. The summed E-state index contributed by atoms with van der Waals surface area (Å²) in [4.78, 5) is 4.77. The number of nitrogens with zero attached hydrogens (tertiary/aromatic N) is 7. The van der Waals surface area contributed by atoms with Crippen LogP contribution in [0.2, 0.25) is 0 Å². The summed E-state index contributed by atoms with van der Waals surface area (Å²) >= 11 is 0. The Bertz CT molecular complexity index is 1200. The molecule has 0 atom stereocenters. The number of tetrazole rings is 1. The van der Waals surface area contributed by atoms with E-state index in [2.05, 4.69) is 43.5 Å². The highest BCUT2D eigenvalue weighted by atomic mass is 16.7. The van der Waals surface area contributed by atoms with Crippen molar-refractivity contribution in [3.8, 4) is 11.5 Å². The van der Waals surface area contributed by atoms with Gasteiger partial charge >= 0.3 is 0 Å². The lowest BCUT2D eigenvalue weighted by molar-refractivity contribution is 0.174. The molecule has 1 fully saturated rings. The van der Waals surface area contributed by atoms with E-state index in [9.17, 15) is 0 Å². The number of aromatic nitrogens is 5. The van der Waals surface area contributed by atoms with Crippen LogP contribution in [-0.4, -0.2) is 63.1 Å². The van der Waals surface area contributed by atoms with Gasteiger partial charge in [0.1, 0.15) is 0 Å². The van der Waals surface area contributed by atoms with Gasteiger partial charge in [0.05, 0.1) is 0 Å². The van der Waals surface area contributed by atoms with Gasteiger partial charge in [0.15, 0.2) is 17.3 Å². The highest BCUT2D eigenvalue weighted by molar-refractivity contribution is 5.99. The minimum absolute atomic E-state index is 0.310. The molecule has 0 amide bonds. The SMILES string of the molecule is c1ccc2c(c1)c(N1CCN(Cc3ccc4c(c3)OCO4)CC1)nn1nnnc21. The van der Waals surface area contributed by atoms with E-state index in [0.717, 1.165) is 60.8 Å². The van der Waals surface area contributed by atoms with Gasteiger partial charge in [-0.2, -0.15) is 0 Å². The maximum Gasteiger partial charge on any atom is 0.231 e. The molecule has 0 bridgehead atoms. The molecule has 0 N–H and O–H groups in total. The maximum absolute atomic E-state index is 5.50. The van der Waals surface area contributed by atoms with Crippen molar-refractivity contribution in [2.75, 3.05) is 37.9 Å². The predicted octanol–water partition coefficient (Wildman–Crippen LogP) is 1.72. The fourth-order valence-corrected chi connectivity index (χ4v) is 4.08. The molecule has 1 saturated heterocycles. The van der Waals surface area contributed by atoms with E-state index in [0.29, 0.717) is 12.4 Å². The van der Waals surface area contributed by atoms with Crippen molar-refractivity contribution in [1.29, 1.82) is 0 Å². The Labute approximate surface area is 166 Å². The highest BCUT2D eigenvalue weighted by Gasteiger charge is 2.22. The lowest BCUT2D eigenvalue weighted by Crippen LogP contribution is -2.46. The number of hydrogen-bond donors (Lipinski definition) is 0. The molecule has 2 aliphatic rings. The van der Waals surface area contributed by atoms with Gasteiger partial charge in [-0.05, 0) is 28.1 Å². The molecular weight excluding hydrogens is 370 g/mol. The van der Waals surface area contributed by atoms with Gasteiger partial charge in [-0.1, -0.05) is 30.3 Å². The number of anilines is 1. The first-order valence-electron chi connectivity index (χ1n) is 9.68. The highest BCUT2D eigenvalue weighted by Crippen LogP contribution is 2.33. The van der Waals surface area contributed by atoms with Crippen LogP contribution in [0.25, 0.3) is 16.4 Å². The number of hydrogen-bond acceptors (Lipinski definition) is 8. The second kappa shape index (κ2) is 6.56. The van der Waals surface area contributed by atoms with Gasteiger partial charge in [-0.3, -0.25) is 4.90 Å². The molecule has 0 radical (unpaired) electrons. The third kappa shape index (κ3) is 2.82. The molecule has 0 saturated carbocycles. The largest absolute Gasteiger partial charge is 0.454 e. The third-order valence-corrected chi connectivity index (χ3v) is 5.57. The maximum atomic E-state index is 5.50. The van der Waals surface area contributed by atoms with Gasteiger partial charge in [0.2, 0.25) is 12.4 Å². The molecule has 4 heterocycles. The zero-order valence-electron chi connectivity index (χ0n) is 15.7. The minimum atomic E-state index is 0.310. The van der Waals surface area contributed by atoms with Crippen LogP contribution >= 0.6 is 0 Å². The summed E-state index contributed by atoms with van der Waals surface area (Å²) in [5, 5.41) is 18.7. The second-order valence-electron chi connectivity index (χ2n) is 7.31. The van der Waals surface area contributed by atoms with Crippen LogP contribution in [0, 0.1) is 0 Å². The van der Waals surface area contributed by atoms with Crippen molar-refractivity contribution < 1.29 is 9.47 Å². The average Bonchev–Trinajstić information content (AvgIpc) is 3.43. The number of benzene rings is 2. The molecule has 2 aromatic heterocycles. The van der Waals surface area contributed by atoms with Crippen LogP contribution in [-0.2, 0) is 6.54 Å². The first kappa shape index (κ1) is 16.5. The molecule has 9 nitrogen and oxygen atoms in total. The molecule has 9 heteroatoms. The predicted molar refractivity (Wildman–Crippen MR) is 106 cm³/mol. The summed E-state index contributed by atoms with van der Waals surface area (Å²) in [7, 11) is 0. The Morgan fingerprint density at radius 1 is 0.897 bits per heavy atom. The molecular formula is C20H19N7O2. The molecule has 0 unspecified atom stereocenters. The molecule has 0 aliphatic carbocycles. The van der Waals surface area contributed by atoms with E-state index in [4.69, 9.17) is 14.6 Å². The number of fused-ring (bicyclic) bond motifs is 4. The van der Waals surface area contributed by atoms with Crippen LogP contribution in [0.3, 0.4) is 0 Å². The van der Waals surface area contributed by atoms with Crippen molar-refractivity contribution >= 4 is 22.2 Å². The van der Waals surface area contributed by atoms with E-state index in [-0.39, 0.29) is 0 Å². The van der Waals surface area contributed by atoms with Gasteiger partial charge in [-0.25, -0.2) is 0 Å². The third-order valence-electron chi connectivity index (χ3n) is 5.57. The smallest absolute Gasteiger partial charge is 0.231 e. The Hall–Kier alpha value is -3.46. The Morgan fingerprint density at radius 2 is 1.72 bits per heavy atom. The standard InChI is InChI=1S/C20H19N7O2/c1-2-4-16-15(3-1)19-21-23-24-27(19)22-20(16)26-9-7-25(8-10-26)12-14-5-6-17-18(11-14)29-13-28-17/h1-6,11H,7-10,12-13H2. The van der Waals surface area contributed by atoms with Crippen LogP contribution in [0.4, 0.5) is 5.82 Å². The first-order valence-corrected chi connectivity index (χ1v) is 9.68. The van der Waals surface area contributed by atoms with Crippen molar-refractivity contribution in [3.63, 3.8) is 0 Å². The molecule has 2 aliphatic heterocycles. The minimum Gasteiger partial charge on any atom is -0.454 e. The fraction of sp³-hybridized carbons (Fsp3) is 0.300. The van der Waals surface area contributed by atoms with Gasteiger partial charge < -0.3 is 14.4 Å². The average molecular weight is 389 g/mol. The van der Waals surface area contributed by atoms with Crippen molar-refractivity contribution in [2.24, 2.45) is 0 Å². The fourth-order valence-electron chi connectivity index (χ4n) is 4.08. The molecule has 2 aromatic carbocycles. The summed E-state index contributed by atoms with van der Waals surface area (Å²) < 4.78 is 12.4. The van der Waals surface area contributed by atoms with Gasteiger partial charge in [-0.15, -0.1) is 14.8 Å². The van der Waals surface area contributed by atoms with Crippen LogP contribution in [0.5, 0.6) is 11.5 Å². The van der Waals surface area contributed by atoms with Crippen LogP contribution in [0.1, 0.15) is 5.56 Å². The van der Waals surface area contributed by atoms with E-state index in [1.165, 1.54) is 10.2 Å². The number of piperazine rings is 1. The Balaban J connectivity index is 1.22. The van der Waals surface area contributed by atoms with E-state index in [1.54, 1.807) is 0 Å². The Kier molecular flexibility index (Phi) is 3.73. The quantitative estimate of drug-likeness (QED) is 0.524. The van der Waals surface area contributed by atoms with Crippen molar-refractivity contribution in [3.05, 3.63) is 48.0 Å². The molecule has 6 rings (SSSR count). The van der Waals surface area contributed by atoms with Crippen LogP contribution < -0.4 is 14.4 Å². The number of rotatable bonds is 3. The van der Waals surface area contributed by atoms with Gasteiger partial charge in [0, 0.05) is 43.5 Å². The van der Waals surface area contributed by atoms with Crippen LogP contribution in [0.15, 0.2) is 42.5 Å². The van der Waals surface area contributed by atoms with E-state index >= 15 is 0 Å². The zero-order chi connectivity index (χ0) is 19.2. The summed E-state index contributed by atoms with van der Waals surface area (Å²) in [6.07, 6.45) is 0. The first-order chi connectivity index (χ1) is 14.3. The van der Waals surface area contributed by atoms with Crippen molar-refractivity contribution in [2.45, 2.75) is 6.54 Å². The summed E-state index contributed by atoms with van der Waals surface area (Å²) in [5.74, 6) is 2.60. The molecule has 146 valence electrons. The normalized spacial score (nSPS) is 16.8.